The molecule has 2 aliphatic rings. The van der Waals surface area contributed by atoms with Crippen LogP contribution >= 0.6 is 0 Å². The summed E-state index contributed by atoms with van der Waals surface area (Å²) < 4.78 is 33.9. The Labute approximate surface area is 104 Å². The van der Waals surface area contributed by atoms with Gasteiger partial charge in [-0.25, -0.2) is 4.72 Å². The molecule has 0 atom stereocenters. The minimum absolute atomic E-state index is 0.0947. The summed E-state index contributed by atoms with van der Waals surface area (Å²) in [6, 6.07) is 0. The highest BCUT2D eigenvalue weighted by Gasteiger charge is 2.42. The van der Waals surface area contributed by atoms with Gasteiger partial charge in [-0.1, -0.05) is 13.3 Å². The van der Waals surface area contributed by atoms with Crippen molar-refractivity contribution >= 4 is 10.2 Å². The maximum atomic E-state index is 12.1. The molecule has 0 aromatic heterocycles. The molecule has 1 saturated carbocycles. The summed E-state index contributed by atoms with van der Waals surface area (Å²) in [6.45, 7) is 4.78. The van der Waals surface area contributed by atoms with Crippen LogP contribution in [0.25, 0.3) is 0 Å². The molecular formula is C11H22N2O3S. The third-order valence-corrected chi connectivity index (χ3v) is 5.25. The van der Waals surface area contributed by atoms with E-state index in [2.05, 4.69) is 4.72 Å². The minimum atomic E-state index is -3.31. The number of ether oxygens (including phenoxy) is 1. The van der Waals surface area contributed by atoms with Gasteiger partial charge in [0.1, 0.15) is 0 Å². The zero-order chi connectivity index (χ0) is 12.4. The molecule has 1 aliphatic heterocycles. The molecule has 6 heteroatoms. The second-order valence-electron chi connectivity index (χ2n) is 5.14. The Kier molecular flexibility index (Phi) is 4.07. The monoisotopic (exact) mass is 262 g/mol. The van der Waals surface area contributed by atoms with Crippen LogP contribution in [0.15, 0.2) is 0 Å². The fourth-order valence-corrected chi connectivity index (χ4v) is 3.86. The van der Waals surface area contributed by atoms with E-state index >= 15 is 0 Å². The van der Waals surface area contributed by atoms with Crippen molar-refractivity contribution in [1.82, 2.24) is 9.03 Å². The summed E-state index contributed by atoms with van der Waals surface area (Å²) >= 11 is 0. The van der Waals surface area contributed by atoms with E-state index in [1.54, 1.807) is 4.31 Å². The van der Waals surface area contributed by atoms with Crippen LogP contribution in [0.1, 0.15) is 32.6 Å². The van der Waals surface area contributed by atoms with Gasteiger partial charge in [-0.05, 0) is 19.3 Å². The second kappa shape index (κ2) is 5.22. The molecule has 17 heavy (non-hydrogen) atoms. The van der Waals surface area contributed by atoms with Crippen molar-refractivity contribution < 1.29 is 13.2 Å². The Morgan fingerprint density at radius 1 is 1.41 bits per heavy atom. The first-order valence-electron chi connectivity index (χ1n) is 6.40. The van der Waals surface area contributed by atoms with Gasteiger partial charge in [0.15, 0.2) is 0 Å². The van der Waals surface area contributed by atoms with Gasteiger partial charge in [-0.2, -0.15) is 12.7 Å². The molecule has 1 heterocycles. The molecule has 0 bridgehead atoms. The summed E-state index contributed by atoms with van der Waals surface area (Å²) in [5.41, 5.74) is 0.0947. The Morgan fingerprint density at radius 2 is 2.18 bits per heavy atom. The molecule has 1 N–H and O–H groups in total. The van der Waals surface area contributed by atoms with Crippen LogP contribution in [0, 0.1) is 5.41 Å². The lowest BCUT2D eigenvalue weighted by molar-refractivity contribution is 0.0145. The van der Waals surface area contributed by atoms with Crippen LogP contribution in [0.2, 0.25) is 0 Å². The lowest BCUT2D eigenvalue weighted by Gasteiger charge is -2.42. The molecule has 1 spiro atoms. The first-order valence-corrected chi connectivity index (χ1v) is 7.84. The summed E-state index contributed by atoms with van der Waals surface area (Å²) in [5, 5.41) is 0. The Morgan fingerprint density at radius 3 is 2.76 bits per heavy atom. The van der Waals surface area contributed by atoms with E-state index in [0.29, 0.717) is 32.8 Å². The van der Waals surface area contributed by atoms with E-state index in [0.717, 1.165) is 19.3 Å². The van der Waals surface area contributed by atoms with E-state index in [-0.39, 0.29) is 5.41 Å². The van der Waals surface area contributed by atoms with Crippen LogP contribution in [0.3, 0.4) is 0 Å². The Hall–Kier alpha value is -0.170. The summed E-state index contributed by atoms with van der Waals surface area (Å²) in [4.78, 5) is 0. The SMILES string of the molecule is CCCNS(=O)(=O)N1CCOCC2(CCC2)C1. The molecule has 0 aromatic carbocycles. The van der Waals surface area contributed by atoms with Crippen LogP contribution in [-0.2, 0) is 14.9 Å². The van der Waals surface area contributed by atoms with Gasteiger partial charge in [-0.15, -0.1) is 0 Å². The van der Waals surface area contributed by atoms with Crippen LogP contribution in [-0.4, -0.2) is 45.6 Å². The highest BCUT2D eigenvalue weighted by atomic mass is 32.2. The van der Waals surface area contributed by atoms with Gasteiger partial charge in [0.05, 0.1) is 13.2 Å². The molecule has 1 aliphatic carbocycles. The fourth-order valence-electron chi connectivity index (χ4n) is 2.46. The number of rotatable bonds is 4. The van der Waals surface area contributed by atoms with Crippen molar-refractivity contribution in [2.75, 3.05) is 32.8 Å². The molecule has 2 rings (SSSR count). The molecule has 0 amide bonds. The smallest absolute Gasteiger partial charge is 0.279 e. The van der Waals surface area contributed by atoms with Crippen molar-refractivity contribution in [2.24, 2.45) is 5.41 Å². The molecule has 1 saturated heterocycles. The van der Waals surface area contributed by atoms with Crippen molar-refractivity contribution in [3.8, 4) is 0 Å². The van der Waals surface area contributed by atoms with E-state index in [1.807, 2.05) is 6.92 Å². The van der Waals surface area contributed by atoms with Crippen molar-refractivity contribution in [3.63, 3.8) is 0 Å². The van der Waals surface area contributed by atoms with E-state index < -0.39 is 10.2 Å². The third kappa shape index (κ3) is 2.99. The zero-order valence-electron chi connectivity index (χ0n) is 10.4. The highest BCUT2D eigenvalue weighted by molar-refractivity contribution is 7.87. The minimum Gasteiger partial charge on any atom is -0.379 e. The number of nitrogens with zero attached hydrogens (tertiary/aromatic N) is 1. The van der Waals surface area contributed by atoms with E-state index in [4.69, 9.17) is 4.74 Å². The van der Waals surface area contributed by atoms with Crippen LogP contribution in [0.4, 0.5) is 0 Å². The average Bonchev–Trinajstić information content (AvgIpc) is 2.48. The summed E-state index contributed by atoms with van der Waals surface area (Å²) in [5.74, 6) is 0. The maximum absolute atomic E-state index is 12.1. The predicted molar refractivity (Wildman–Crippen MR) is 65.9 cm³/mol. The summed E-state index contributed by atoms with van der Waals surface area (Å²) in [7, 11) is -3.31. The lowest BCUT2D eigenvalue weighted by atomic mass is 9.69. The first kappa shape index (κ1) is 13.3. The lowest BCUT2D eigenvalue weighted by Crippen LogP contribution is -2.49. The van der Waals surface area contributed by atoms with Gasteiger partial charge in [-0.3, -0.25) is 0 Å². The van der Waals surface area contributed by atoms with Crippen molar-refractivity contribution in [3.05, 3.63) is 0 Å². The largest absolute Gasteiger partial charge is 0.379 e. The Balaban J connectivity index is 2.03. The third-order valence-electron chi connectivity index (χ3n) is 3.69. The van der Waals surface area contributed by atoms with Crippen molar-refractivity contribution in [2.45, 2.75) is 32.6 Å². The van der Waals surface area contributed by atoms with Gasteiger partial charge >= 0.3 is 0 Å². The predicted octanol–water partition coefficient (Wildman–Crippen LogP) is 0.733. The number of hydrogen-bond donors (Lipinski definition) is 1. The van der Waals surface area contributed by atoms with E-state index in [9.17, 15) is 8.42 Å². The molecule has 5 nitrogen and oxygen atoms in total. The van der Waals surface area contributed by atoms with Crippen LogP contribution < -0.4 is 4.72 Å². The zero-order valence-corrected chi connectivity index (χ0v) is 11.3. The molecule has 100 valence electrons. The van der Waals surface area contributed by atoms with Gasteiger partial charge in [0.2, 0.25) is 0 Å². The fraction of sp³-hybridized carbons (Fsp3) is 1.00. The van der Waals surface area contributed by atoms with E-state index in [1.165, 1.54) is 6.42 Å². The average molecular weight is 262 g/mol. The molecule has 0 aromatic rings. The number of hydrogen-bond acceptors (Lipinski definition) is 3. The normalized spacial score (nSPS) is 25.5. The van der Waals surface area contributed by atoms with Gasteiger partial charge in [0, 0.05) is 25.0 Å². The van der Waals surface area contributed by atoms with Crippen molar-refractivity contribution in [1.29, 1.82) is 0 Å². The Bertz CT molecular complexity index is 352. The highest BCUT2D eigenvalue weighted by Crippen LogP contribution is 2.43. The van der Waals surface area contributed by atoms with Gasteiger partial charge < -0.3 is 4.74 Å². The standard InChI is InChI=1S/C11H22N2O3S/c1-2-6-12-17(14,15)13-7-8-16-10-11(9-13)4-3-5-11/h12H,2-10H2,1H3. The quantitative estimate of drug-likeness (QED) is 0.812. The van der Waals surface area contributed by atoms with Crippen LogP contribution in [0.5, 0.6) is 0 Å². The molecule has 0 unspecified atom stereocenters. The maximum Gasteiger partial charge on any atom is 0.279 e. The van der Waals surface area contributed by atoms with Gasteiger partial charge in [0.25, 0.3) is 10.2 Å². The first-order chi connectivity index (χ1) is 8.08. The molecule has 0 radical (unpaired) electrons. The molecule has 2 fully saturated rings. The summed E-state index contributed by atoms with van der Waals surface area (Å²) in [6.07, 6.45) is 4.19. The second-order valence-corrected chi connectivity index (χ2v) is 6.89. The topological polar surface area (TPSA) is 58.6 Å². The molecular weight excluding hydrogens is 240 g/mol. The number of nitrogens with one attached hydrogen (secondary N) is 1.